The molecule has 0 saturated carbocycles. The van der Waals surface area contributed by atoms with Gasteiger partial charge in [0.05, 0.1) is 0 Å². The van der Waals surface area contributed by atoms with Crippen molar-refractivity contribution < 1.29 is 9.53 Å². The second kappa shape index (κ2) is 6.65. The fourth-order valence-electron chi connectivity index (χ4n) is 2.83. The predicted octanol–water partition coefficient (Wildman–Crippen LogP) is 5.19. The molecule has 0 fully saturated rings. The predicted molar refractivity (Wildman–Crippen MR) is 99.3 cm³/mol. The molecular weight excluding hydrogens is 310 g/mol. The van der Waals surface area contributed by atoms with Gasteiger partial charge in [0, 0.05) is 10.9 Å². The third-order valence-corrected chi connectivity index (χ3v) is 4.18. The van der Waals surface area contributed by atoms with Crippen molar-refractivity contribution in [1.82, 2.24) is 4.98 Å². The normalized spacial score (nSPS) is 10.7. The van der Waals surface area contributed by atoms with Gasteiger partial charge in [-0.3, -0.25) is 0 Å². The number of ether oxygens (including phenoxy) is 1. The van der Waals surface area contributed by atoms with E-state index in [4.69, 9.17) is 4.74 Å². The number of hydrogen-bond acceptors (Lipinski definition) is 2. The van der Waals surface area contributed by atoms with Crippen LogP contribution in [-0.4, -0.2) is 11.0 Å². The van der Waals surface area contributed by atoms with Gasteiger partial charge in [0.25, 0.3) is 0 Å². The summed E-state index contributed by atoms with van der Waals surface area (Å²) in [5.41, 5.74) is 4.68. The number of fused-ring (bicyclic) bond motifs is 1. The van der Waals surface area contributed by atoms with Crippen LogP contribution in [0.3, 0.4) is 0 Å². The quantitative estimate of drug-likeness (QED) is 0.524. The van der Waals surface area contributed by atoms with Crippen molar-refractivity contribution in [3.63, 3.8) is 0 Å². The third kappa shape index (κ3) is 3.31. The Labute approximate surface area is 145 Å². The van der Waals surface area contributed by atoms with E-state index in [9.17, 15) is 4.79 Å². The molecule has 0 spiro atoms. The Bertz CT molecular complexity index is 968. The number of hydrogen-bond donors (Lipinski definition) is 1. The van der Waals surface area contributed by atoms with Crippen molar-refractivity contribution in [3.05, 3.63) is 96.2 Å². The second-order valence-electron chi connectivity index (χ2n) is 5.91. The van der Waals surface area contributed by atoms with Gasteiger partial charge in [-0.2, -0.15) is 0 Å². The topological polar surface area (TPSA) is 42.1 Å². The summed E-state index contributed by atoms with van der Waals surface area (Å²) in [5, 5.41) is 1.00. The zero-order chi connectivity index (χ0) is 17.1. The molecule has 1 N–H and O–H groups in total. The first-order valence-electron chi connectivity index (χ1n) is 8.19. The molecule has 3 heteroatoms. The lowest BCUT2D eigenvalue weighted by molar-refractivity contribution is 0.0467. The van der Waals surface area contributed by atoms with Crippen LogP contribution in [0, 0.1) is 0 Å². The Morgan fingerprint density at radius 2 is 1.48 bits per heavy atom. The smallest absolute Gasteiger partial charge is 0.355 e. The summed E-state index contributed by atoms with van der Waals surface area (Å²) in [6.45, 7) is 0.253. The molecule has 1 heterocycles. The maximum atomic E-state index is 12.2. The summed E-state index contributed by atoms with van der Waals surface area (Å²) in [4.78, 5) is 15.3. The Balaban J connectivity index is 1.43. The largest absolute Gasteiger partial charge is 0.456 e. The number of esters is 1. The molecule has 0 unspecified atom stereocenters. The van der Waals surface area contributed by atoms with Crippen LogP contribution < -0.4 is 0 Å². The SMILES string of the molecule is O=C(OCc1ccc(-c2ccccc2)cc1)c1cc2ccccc2[nH]1. The highest BCUT2D eigenvalue weighted by molar-refractivity contribution is 5.94. The molecule has 0 atom stereocenters. The van der Waals surface area contributed by atoms with E-state index in [1.807, 2.05) is 72.8 Å². The van der Waals surface area contributed by atoms with Gasteiger partial charge >= 0.3 is 5.97 Å². The summed E-state index contributed by atoms with van der Waals surface area (Å²) in [6.07, 6.45) is 0. The van der Waals surface area contributed by atoms with E-state index in [1.165, 1.54) is 5.56 Å². The van der Waals surface area contributed by atoms with Crippen LogP contribution in [0.1, 0.15) is 16.1 Å². The number of nitrogens with one attached hydrogen (secondary N) is 1. The van der Waals surface area contributed by atoms with E-state index >= 15 is 0 Å². The number of aromatic amines is 1. The maximum Gasteiger partial charge on any atom is 0.355 e. The zero-order valence-corrected chi connectivity index (χ0v) is 13.6. The van der Waals surface area contributed by atoms with Gasteiger partial charge in [0.15, 0.2) is 0 Å². The van der Waals surface area contributed by atoms with Gasteiger partial charge < -0.3 is 9.72 Å². The van der Waals surface area contributed by atoms with Gasteiger partial charge in [0.2, 0.25) is 0 Å². The molecule has 122 valence electrons. The summed E-state index contributed by atoms with van der Waals surface area (Å²) >= 11 is 0. The van der Waals surface area contributed by atoms with Gasteiger partial charge in [-0.15, -0.1) is 0 Å². The minimum absolute atomic E-state index is 0.253. The van der Waals surface area contributed by atoms with E-state index in [1.54, 1.807) is 0 Å². The van der Waals surface area contributed by atoms with Crippen LogP contribution in [0.2, 0.25) is 0 Å². The van der Waals surface area contributed by atoms with Crippen molar-refractivity contribution in [2.24, 2.45) is 0 Å². The van der Waals surface area contributed by atoms with Gasteiger partial charge in [-0.25, -0.2) is 4.79 Å². The number of aromatic nitrogens is 1. The lowest BCUT2D eigenvalue weighted by Crippen LogP contribution is -2.05. The second-order valence-corrected chi connectivity index (χ2v) is 5.91. The number of benzene rings is 3. The molecule has 3 aromatic carbocycles. The third-order valence-electron chi connectivity index (χ3n) is 4.18. The molecule has 1 aromatic heterocycles. The molecule has 0 saturated heterocycles. The minimum Gasteiger partial charge on any atom is -0.456 e. The highest BCUT2D eigenvalue weighted by atomic mass is 16.5. The van der Waals surface area contributed by atoms with E-state index < -0.39 is 0 Å². The molecular formula is C22H17NO2. The summed E-state index contributed by atoms with van der Waals surface area (Å²) in [7, 11) is 0. The van der Waals surface area contributed by atoms with E-state index in [-0.39, 0.29) is 12.6 Å². The Morgan fingerprint density at radius 3 is 2.24 bits per heavy atom. The van der Waals surface area contributed by atoms with Crippen LogP contribution in [0.5, 0.6) is 0 Å². The first-order valence-corrected chi connectivity index (χ1v) is 8.19. The summed E-state index contributed by atoms with van der Waals surface area (Å²) < 4.78 is 5.42. The molecule has 3 nitrogen and oxygen atoms in total. The van der Waals surface area contributed by atoms with Gasteiger partial charge in [-0.05, 0) is 28.8 Å². The van der Waals surface area contributed by atoms with Crippen molar-refractivity contribution in [1.29, 1.82) is 0 Å². The molecule has 0 bridgehead atoms. The number of H-pyrrole nitrogens is 1. The van der Waals surface area contributed by atoms with E-state index in [0.29, 0.717) is 5.69 Å². The van der Waals surface area contributed by atoms with Crippen LogP contribution in [0.25, 0.3) is 22.0 Å². The Kier molecular flexibility index (Phi) is 4.05. The first kappa shape index (κ1) is 15.2. The number of rotatable bonds is 4. The molecule has 4 rings (SSSR count). The molecule has 25 heavy (non-hydrogen) atoms. The average molecular weight is 327 g/mol. The zero-order valence-electron chi connectivity index (χ0n) is 13.6. The van der Waals surface area contributed by atoms with E-state index in [2.05, 4.69) is 17.1 Å². The van der Waals surface area contributed by atoms with Crippen molar-refractivity contribution in [2.75, 3.05) is 0 Å². The Morgan fingerprint density at radius 1 is 0.800 bits per heavy atom. The molecule has 0 radical (unpaired) electrons. The number of carbonyl (C=O) groups excluding carboxylic acids is 1. The minimum atomic E-state index is -0.344. The van der Waals surface area contributed by atoms with Crippen LogP contribution in [0.15, 0.2) is 84.9 Å². The highest BCUT2D eigenvalue weighted by Gasteiger charge is 2.11. The molecule has 4 aromatic rings. The fraction of sp³-hybridized carbons (Fsp3) is 0.0455. The maximum absolute atomic E-state index is 12.2. The van der Waals surface area contributed by atoms with Crippen LogP contribution in [-0.2, 0) is 11.3 Å². The van der Waals surface area contributed by atoms with Crippen molar-refractivity contribution in [2.45, 2.75) is 6.61 Å². The van der Waals surface area contributed by atoms with E-state index in [0.717, 1.165) is 22.0 Å². The van der Waals surface area contributed by atoms with Crippen LogP contribution >= 0.6 is 0 Å². The van der Waals surface area contributed by atoms with Crippen LogP contribution in [0.4, 0.5) is 0 Å². The first-order chi connectivity index (χ1) is 12.3. The van der Waals surface area contributed by atoms with Crippen molar-refractivity contribution in [3.8, 4) is 11.1 Å². The Hall–Kier alpha value is -3.33. The summed E-state index contributed by atoms with van der Waals surface area (Å²) in [5.74, 6) is -0.344. The molecule has 0 aliphatic rings. The monoisotopic (exact) mass is 327 g/mol. The van der Waals surface area contributed by atoms with Crippen molar-refractivity contribution >= 4 is 16.9 Å². The number of para-hydroxylation sites is 1. The molecule has 0 aliphatic carbocycles. The lowest BCUT2D eigenvalue weighted by Gasteiger charge is -2.06. The van der Waals surface area contributed by atoms with Gasteiger partial charge in [0.1, 0.15) is 12.3 Å². The summed E-state index contributed by atoms with van der Waals surface area (Å²) in [6, 6.07) is 27.8. The fourth-order valence-corrected chi connectivity index (χ4v) is 2.83. The molecule has 0 amide bonds. The lowest BCUT2D eigenvalue weighted by atomic mass is 10.0. The standard InChI is InChI=1S/C22H17NO2/c24-22(21-14-19-8-4-5-9-20(19)23-21)25-15-16-10-12-18(13-11-16)17-6-2-1-3-7-17/h1-14,23H,15H2. The molecule has 0 aliphatic heterocycles. The average Bonchev–Trinajstić information content (AvgIpc) is 3.11. The number of carbonyl (C=O) groups is 1. The highest BCUT2D eigenvalue weighted by Crippen LogP contribution is 2.20. The van der Waals surface area contributed by atoms with Gasteiger partial charge in [-0.1, -0.05) is 72.8 Å².